The molecule has 10 N–H and O–H groups in total. The van der Waals surface area contributed by atoms with Crippen LogP contribution in [0.1, 0.15) is 65.6 Å². The Labute approximate surface area is 362 Å². The Kier molecular flexibility index (Phi) is 18.0. The lowest BCUT2D eigenvalue weighted by Gasteiger charge is -2.30. The second-order valence-electron chi connectivity index (χ2n) is 14.9. The van der Waals surface area contributed by atoms with E-state index in [1.807, 2.05) is 0 Å². The molecular formula is C42H50ClN5O13P+. The molecule has 0 unspecified atom stereocenters. The monoisotopic (exact) mass is 898 g/mol. The van der Waals surface area contributed by atoms with E-state index in [-0.39, 0.29) is 37.7 Å². The minimum absolute atomic E-state index is 0.0154. The lowest BCUT2D eigenvalue weighted by atomic mass is 9.78. The van der Waals surface area contributed by atoms with E-state index in [1.54, 1.807) is 54.6 Å². The summed E-state index contributed by atoms with van der Waals surface area (Å²) in [7, 11) is -3.50. The van der Waals surface area contributed by atoms with E-state index in [1.165, 1.54) is 31.3 Å². The summed E-state index contributed by atoms with van der Waals surface area (Å²) in [4.78, 5) is 133. The van der Waals surface area contributed by atoms with E-state index >= 15 is 0 Å². The maximum absolute atomic E-state index is 14.3. The predicted molar refractivity (Wildman–Crippen MR) is 225 cm³/mol. The van der Waals surface area contributed by atoms with Gasteiger partial charge in [0.05, 0.1) is 17.4 Å². The van der Waals surface area contributed by atoms with E-state index in [2.05, 4.69) is 26.6 Å². The van der Waals surface area contributed by atoms with Crippen LogP contribution in [-0.2, 0) is 52.8 Å². The van der Waals surface area contributed by atoms with Gasteiger partial charge in [0, 0.05) is 37.8 Å². The summed E-state index contributed by atoms with van der Waals surface area (Å²) >= 11 is 6.00. The fraction of sp³-hybridized carbons (Fsp3) is 0.381. The Morgan fingerprint density at radius 2 is 1.06 bits per heavy atom. The highest BCUT2D eigenvalue weighted by Crippen LogP contribution is 2.47. The molecular weight excluding hydrogens is 849 g/mol. The van der Waals surface area contributed by atoms with Gasteiger partial charge in [-0.05, 0) is 60.2 Å². The van der Waals surface area contributed by atoms with Crippen molar-refractivity contribution in [3.05, 3.63) is 106 Å². The molecule has 0 radical (unpaired) electrons. The number of carbonyl (C=O) groups excluding carboxylic acids is 6. The van der Waals surface area contributed by atoms with Gasteiger partial charge < -0.3 is 36.8 Å². The average Bonchev–Trinajstić information content (AvgIpc) is 3.24. The molecule has 0 bridgehead atoms. The maximum atomic E-state index is 14.3. The van der Waals surface area contributed by atoms with Crippen molar-refractivity contribution in [1.29, 1.82) is 0 Å². The number of likely N-dealkylation sites (N-methyl/N-ethyl adjacent to an activating group) is 1. The third kappa shape index (κ3) is 14.7. The van der Waals surface area contributed by atoms with Crippen molar-refractivity contribution in [2.24, 2.45) is 11.8 Å². The Morgan fingerprint density at radius 1 is 0.613 bits per heavy atom. The molecule has 1 saturated carbocycles. The zero-order chi connectivity index (χ0) is 45.6. The van der Waals surface area contributed by atoms with Crippen LogP contribution in [0.25, 0.3) is 0 Å². The summed E-state index contributed by atoms with van der Waals surface area (Å²) in [6.45, 7) is 0. The highest BCUT2D eigenvalue weighted by atomic mass is 35.5. The number of hydrogen-bond donors (Lipinski definition) is 10. The van der Waals surface area contributed by atoms with Crippen LogP contribution in [0.3, 0.4) is 0 Å². The number of rotatable bonds is 21. The van der Waals surface area contributed by atoms with Gasteiger partial charge in [0.15, 0.2) is 0 Å². The van der Waals surface area contributed by atoms with Gasteiger partial charge in [-0.2, -0.15) is 14.7 Å². The molecule has 1 aliphatic carbocycles. The Bertz CT molecular complexity index is 2080. The third-order valence-electron chi connectivity index (χ3n) is 10.4. The van der Waals surface area contributed by atoms with Crippen LogP contribution in [0.2, 0.25) is 5.02 Å². The van der Waals surface area contributed by atoms with Crippen molar-refractivity contribution >= 4 is 66.5 Å². The number of carboxylic acid groups (broad SMARTS) is 2. The quantitative estimate of drug-likeness (QED) is 0.0682. The standard InChI is InChI=1S/C42H49ClN5O13P/c1-44-37(52)32(22-26-13-17-28(43)18-14-26)47-38(53)31(19-20-35(49)50)45-39(54)34(21-24-7-3-2-4-8-24)48-40(55)33(46-36(51)29-9-5-6-10-30(29)41(56)57)23-25-11-15-27(16-12-25)42(58)62(59,60)61/h2-4,7-8,11-18,29-34,59-61H,5-6,9-10,19-23H2,1H3,(H6-,44,45,46,47,48,49,50,51,52,53,54,55,56,57)/p+1/t29-,30-,31-,32-,33-,34-/m0/s1. The zero-order valence-electron chi connectivity index (χ0n) is 33.7. The van der Waals surface area contributed by atoms with Gasteiger partial charge in [0.1, 0.15) is 24.2 Å². The number of benzene rings is 3. The second kappa shape index (κ2) is 22.9. The van der Waals surface area contributed by atoms with Crippen molar-refractivity contribution in [3.8, 4) is 0 Å². The number of nitrogens with one attached hydrogen (secondary N) is 5. The third-order valence-corrected chi connectivity index (χ3v) is 11.4. The van der Waals surface area contributed by atoms with Gasteiger partial charge in [-0.3, -0.25) is 33.6 Å². The second-order valence-corrected chi connectivity index (χ2v) is 16.9. The van der Waals surface area contributed by atoms with Crippen LogP contribution < -0.4 is 26.6 Å². The minimum atomic E-state index is -4.87. The van der Waals surface area contributed by atoms with Gasteiger partial charge >= 0.3 is 25.4 Å². The normalized spacial score (nSPS) is 16.9. The van der Waals surface area contributed by atoms with Crippen molar-refractivity contribution in [1.82, 2.24) is 26.6 Å². The summed E-state index contributed by atoms with van der Waals surface area (Å²) in [6.07, 6.45) is 0.255. The van der Waals surface area contributed by atoms with E-state index in [0.29, 0.717) is 34.6 Å². The molecule has 62 heavy (non-hydrogen) atoms. The van der Waals surface area contributed by atoms with Crippen LogP contribution in [-0.4, -0.2) is 103 Å². The molecule has 3 aromatic carbocycles. The minimum Gasteiger partial charge on any atom is -0.481 e. The fourth-order valence-electron chi connectivity index (χ4n) is 7.07. The Morgan fingerprint density at radius 3 is 1.56 bits per heavy atom. The molecule has 0 aliphatic heterocycles. The molecule has 332 valence electrons. The summed E-state index contributed by atoms with van der Waals surface area (Å²) in [5.74, 6) is -8.46. The van der Waals surface area contributed by atoms with Crippen LogP contribution in [0.15, 0.2) is 78.9 Å². The molecule has 1 fully saturated rings. The molecule has 6 atom stereocenters. The van der Waals surface area contributed by atoms with Gasteiger partial charge in [-0.25, -0.2) is 4.79 Å². The van der Waals surface area contributed by atoms with E-state index < -0.39 is 104 Å². The number of aliphatic carboxylic acids is 2. The topological polar surface area (TPSA) is 298 Å². The van der Waals surface area contributed by atoms with Gasteiger partial charge in [0.2, 0.25) is 29.5 Å². The van der Waals surface area contributed by atoms with Crippen molar-refractivity contribution < 1.29 is 63.2 Å². The summed E-state index contributed by atoms with van der Waals surface area (Å²) in [6, 6.07) is 14.4. The van der Waals surface area contributed by atoms with Crippen LogP contribution in [0, 0.1) is 11.8 Å². The van der Waals surface area contributed by atoms with E-state index in [0.717, 1.165) is 0 Å². The van der Waals surface area contributed by atoms with Gasteiger partial charge in [0.25, 0.3) is 0 Å². The molecule has 0 saturated heterocycles. The van der Waals surface area contributed by atoms with Crippen molar-refractivity contribution in [2.75, 3.05) is 7.05 Å². The fourth-order valence-corrected chi connectivity index (χ4v) is 7.69. The number of halogens is 1. The number of hydrogen-bond acceptors (Lipinski definition) is 11. The summed E-state index contributed by atoms with van der Waals surface area (Å²) < 4.78 is 0. The first-order chi connectivity index (χ1) is 29.4. The SMILES string of the molecule is CNC(=O)[C@H](Cc1ccc(Cl)cc1)NC(=O)[C@H](CCC(=O)O)NC(=O)[C@H](Cc1ccccc1)NC(=O)[C@H](Cc1ccc(C(=O)[P+](O)(O)O)cc1)NC(=O)[C@H]1CCCC[C@@H]1C(=O)O. The first-order valence-electron chi connectivity index (χ1n) is 19.7. The molecule has 0 spiro atoms. The number of carbonyl (C=O) groups is 8. The molecule has 0 heterocycles. The maximum Gasteiger partial charge on any atom is 0.483 e. The molecule has 3 aromatic rings. The van der Waals surface area contributed by atoms with Crippen LogP contribution >= 0.6 is 19.5 Å². The molecule has 4 rings (SSSR count). The Balaban J connectivity index is 1.64. The molecule has 0 aromatic heterocycles. The van der Waals surface area contributed by atoms with E-state index in [9.17, 15) is 63.2 Å². The molecule has 5 amide bonds. The van der Waals surface area contributed by atoms with Crippen molar-refractivity contribution in [3.63, 3.8) is 0 Å². The van der Waals surface area contributed by atoms with Crippen LogP contribution in [0.5, 0.6) is 0 Å². The first-order valence-corrected chi connectivity index (χ1v) is 21.8. The first kappa shape index (κ1) is 48.9. The highest BCUT2D eigenvalue weighted by Gasteiger charge is 2.43. The van der Waals surface area contributed by atoms with Gasteiger partial charge in [-0.15, -0.1) is 0 Å². The van der Waals surface area contributed by atoms with E-state index in [4.69, 9.17) is 11.6 Å². The van der Waals surface area contributed by atoms with Gasteiger partial charge in [-0.1, -0.05) is 79.0 Å². The average molecular weight is 899 g/mol. The Hall–Kier alpha value is -5.78. The number of amides is 5. The van der Waals surface area contributed by atoms with Crippen LogP contribution in [0.4, 0.5) is 0 Å². The lowest BCUT2D eigenvalue weighted by Crippen LogP contribution is -2.59. The smallest absolute Gasteiger partial charge is 0.481 e. The largest absolute Gasteiger partial charge is 0.483 e. The molecule has 18 nitrogen and oxygen atoms in total. The molecule has 20 heteroatoms. The predicted octanol–water partition coefficient (Wildman–Crippen LogP) is 1.69. The lowest BCUT2D eigenvalue weighted by molar-refractivity contribution is -0.149. The summed E-state index contributed by atoms with van der Waals surface area (Å²) in [5.41, 5.74) is -0.0442. The number of carboxylic acids is 2. The highest BCUT2D eigenvalue weighted by molar-refractivity contribution is 7.76. The summed E-state index contributed by atoms with van der Waals surface area (Å²) in [5, 5.41) is 32.7. The zero-order valence-corrected chi connectivity index (χ0v) is 35.3. The molecule has 1 aliphatic rings. The van der Waals surface area contributed by atoms with Crippen molar-refractivity contribution in [2.45, 2.75) is 82.0 Å².